The summed E-state index contributed by atoms with van der Waals surface area (Å²) in [4.78, 5) is 0. The summed E-state index contributed by atoms with van der Waals surface area (Å²) in [6.45, 7) is 0. The van der Waals surface area contributed by atoms with Gasteiger partial charge < -0.3 is 0 Å². The van der Waals surface area contributed by atoms with Crippen LogP contribution in [0.2, 0.25) is 0 Å². The summed E-state index contributed by atoms with van der Waals surface area (Å²) in [5.74, 6) is 0. The number of hydrogen-bond acceptors (Lipinski definition) is 0. The van der Waals surface area contributed by atoms with Crippen molar-refractivity contribution < 1.29 is 0 Å². The van der Waals surface area contributed by atoms with Crippen LogP contribution in [0.25, 0.3) is 0 Å². The minimum absolute atomic E-state index is 0. The Balaban J connectivity index is -0.00000000500. The Hall–Kier alpha value is 2.75. The van der Waals surface area contributed by atoms with Crippen molar-refractivity contribution in [3.05, 3.63) is 0 Å². The van der Waals surface area contributed by atoms with E-state index in [-0.39, 0.29) is 61.3 Å². The van der Waals surface area contributed by atoms with Gasteiger partial charge in [0.2, 0.25) is 0 Å². The Morgan fingerprint density at radius 1 is 1.25 bits per heavy atom. The number of hydrogen-bond donors (Lipinski definition) is 0. The van der Waals surface area contributed by atoms with Crippen molar-refractivity contribution in [3.8, 4) is 0 Å². The van der Waals surface area contributed by atoms with E-state index in [1.807, 2.05) is 0 Å². The molecule has 0 aliphatic rings. The molecule has 0 bridgehead atoms. The number of halogens is 2. The van der Waals surface area contributed by atoms with Crippen molar-refractivity contribution in [2.24, 2.45) is 0 Å². The molecular formula is H3BaCl2Li. The average Bonchev–Trinajstić information content (AvgIpc) is 1.00. The molecule has 0 unspecified atom stereocenters. The molecule has 0 fully saturated rings. The zero-order chi connectivity index (χ0) is 2.00. The molecule has 0 aliphatic heterocycles. The fraction of sp³-hybridized carbons (Fsp3) is 0. The van der Waals surface area contributed by atoms with Gasteiger partial charge in [0.25, 0.3) is 0 Å². The van der Waals surface area contributed by atoms with Crippen LogP contribution in [0, 0.1) is 0 Å². The van der Waals surface area contributed by atoms with Gasteiger partial charge in [0.05, 0.1) is 0 Å². The fourth-order valence-corrected chi connectivity index (χ4v) is 0. The van der Waals surface area contributed by atoms with E-state index in [1.165, 1.54) is 16.7 Å². The van der Waals surface area contributed by atoms with E-state index >= 15 is 0 Å². The zero-order valence-electron chi connectivity index (χ0n) is 1.79. The van der Waals surface area contributed by atoms with Gasteiger partial charge in [-0.25, -0.2) is 0 Å². The summed E-state index contributed by atoms with van der Waals surface area (Å²) in [5, 5.41) is 0. The molecule has 0 nitrogen and oxygen atoms in total. The van der Waals surface area contributed by atoms with Crippen LogP contribution in [0.1, 0.15) is 0 Å². The molecule has 0 radical (unpaired) electrons. The van der Waals surface area contributed by atoms with Gasteiger partial charge in [0.15, 0.2) is 0 Å². The van der Waals surface area contributed by atoms with E-state index in [0.29, 0.717) is 0 Å². The third kappa shape index (κ3) is 8.83. The molecule has 0 saturated carbocycles. The molecule has 0 aromatic rings. The van der Waals surface area contributed by atoms with Gasteiger partial charge in [-0.15, -0.1) is 12.4 Å². The molecule has 0 aromatic heterocycles. The maximum absolute atomic E-state index is 4.64. The van der Waals surface area contributed by atoms with Gasteiger partial charge in [-0.2, -0.15) is 0 Å². The van der Waals surface area contributed by atoms with E-state index in [2.05, 4.69) is 9.80 Å². The van der Waals surface area contributed by atoms with Crippen molar-refractivity contribution in [1.82, 2.24) is 0 Å². The summed E-state index contributed by atoms with van der Waals surface area (Å²) >= 11 is 1.47. The van der Waals surface area contributed by atoms with E-state index in [9.17, 15) is 0 Å². The first-order valence-corrected chi connectivity index (χ1v) is 1.13. The van der Waals surface area contributed by atoms with Crippen LogP contribution in [-0.4, -0.2) is 65.6 Å². The summed E-state index contributed by atoms with van der Waals surface area (Å²) in [6.07, 6.45) is 0. The topological polar surface area (TPSA) is 0 Å². The summed E-state index contributed by atoms with van der Waals surface area (Å²) in [7, 11) is 4.64. The Labute approximate surface area is 85.8 Å². The van der Waals surface area contributed by atoms with Gasteiger partial charge >= 0.3 is 75.4 Å². The molecule has 0 N–H and O–H groups in total. The molecule has 0 rings (SSSR count). The molecule has 20 valence electrons. The Bertz CT molecular complexity index is 6.00. The van der Waals surface area contributed by atoms with Gasteiger partial charge in [0.1, 0.15) is 0 Å². The third-order valence-corrected chi connectivity index (χ3v) is 0. The van der Waals surface area contributed by atoms with E-state index < -0.39 is 0 Å². The second-order valence-electron chi connectivity index (χ2n) is 0. The van der Waals surface area contributed by atoms with E-state index in [0.717, 1.165) is 0 Å². The van der Waals surface area contributed by atoms with Crippen LogP contribution in [0.5, 0.6) is 0 Å². The molecule has 4 heteroatoms. The molecule has 4 heavy (non-hydrogen) atoms. The van der Waals surface area contributed by atoms with Crippen molar-refractivity contribution in [1.29, 1.82) is 0 Å². The molecule has 0 amide bonds. The third-order valence-electron chi connectivity index (χ3n) is 0. The van der Waals surface area contributed by atoms with Crippen LogP contribution in [0.4, 0.5) is 0 Å². The average molecular weight is 218 g/mol. The molecular weight excluding hydrogens is 215 g/mol. The van der Waals surface area contributed by atoms with Crippen LogP contribution >= 0.6 is 22.2 Å². The molecule has 0 atom stereocenters. The minimum atomic E-state index is 0. The quantitative estimate of drug-likeness (QED) is 0.495. The van der Waals surface area contributed by atoms with Gasteiger partial charge in [-0.3, -0.25) is 0 Å². The van der Waals surface area contributed by atoms with Gasteiger partial charge in [-0.05, 0) is 0 Å². The van der Waals surface area contributed by atoms with Crippen LogP contribution in [-0.2, 0) is 0 Å². The van der Waals surface area contributed by atoms with E-state index in [1.54, 1.807) is 0 Å². The Kier molecular flexibility index (Phi) is 68.1. The Morgan fingerprint density at radius 3 is 1.25 bits per heavy atom. The van der Waals surface area contributed by atoms with Crippen molar-refractivity contribution in [2.45, 2.75) is 0 Å². The predicted octanol–water partition coefficient (Wildman–Crippen LogP) is -0.186. The summed E-state index contributed by atoms with van der Waals surface area (Å²) < 4.78 is 0. The van der Waals surface area contributed by atoms with Crippen LogP contribution in [0.3, 0.4) is 0 Å². The molecule has 0 heterocycles. The summed E-state index contributed by atoms with van der Waals surface area (Å²) in [6, 6.07) is 0. The molecule has 0 saturated heterocycles. The Morgan fingerprint density at radius 2 is 1.25 bits per heavy atom. The first-order chi connectivity index (χ1) is 1.00. The molecule has 0 spiro atoms. The van der Waals surface area contributed by atoms with Gasteiger partial charge in [-0.1, -0.05) is 0 Å². The zero-order valence-corrected chi connectivity index (χ0v) is 3.36. The molecule has 0 aromatic carbocycles. The second kappa shape index (κ2) is 17.2. The van der Waals surface area contributed by atoms with Crippen LogP contribution in [0.15, 0.2) is 0 Å². The maximum atomic E-state index is 4.64. The van der Waals surface area contributed by atoms with E-state index in [4.69, 9.17) is 0 Å². The monoisotopic (exact) mass is 218 g/mol. The van der Waals surface area contributed by atoms with Crippen molar-refractivity contribution in [2.75, 3.05) is 0 Å². The van der Waals surface area contributed by atoms with Crippen molar-refractivity contribution >= 4 is 87.8 Å². The SMILES string of the molecule is Cl.[BaH2].[Li][Cl]. The van der Waals surface area contributed by atoms with Crippen molar-refractivity contribution in [3.63, 3.8) is 0 Å². The standard InChI is InChI=1S/Ba.2ClH.Li.2H/h;2*1H;;;/q;;;+1;;/p-1. The number of rotatable bonds is 0. The first kappa shape index (κ1) is 15.9. The fourth-order valence-electron chi connectivity index (χ4n) is 0. The van der Waals surface area contributed by atoms with Gasteiger partial charge in [0, 0.05) is 0 Å². The summed E-state index contributed by atoms with van der Waals surface area (Å²) in [5.41, 5.74) is 0. The normalized spacial score (nSPS) is 1.75. The second-order valence-corrected chi connectivity index (χ2v) is 0. The predicted molar refractivity (Wildman–Crippen MR) is 27.4 cm³/mol. The molecule has 0 aliphatic carbocycles. The van der Waals surface area contributed by atoms with Crippen LogP contribution < -0.4 is 0 Å². The first-order valence-electron chi connectivity index (χ1n) is 0.378.